The van der Waals surface area contributed by atoms with Crippen LogP contribution in [0.3, 0.4) is 0 Å². The molecule has 6 heteroatoms. The van der Waals surface area contributed by atoms with Gasteiger partial charge in [-0.1, -0.05) is 11.6 Å². The fourth-order valence-corrected chi connectivity index (χ4v) is 2.60. The van der Waals surface area contributed by atoms with E-state index in [2.05, 4.69) is 16.4 Å². The van der Waals surface area contributed by atoms with E-state index < -0.39 is 5.60 Å². The zero-order chi connectivity index (χ0) is 15.3. The maximum Gasteiger partial charge on any atom is 0.410 e. The van der Waals surface area contributed by atoms with Crippen molar-refractivity contribution in [2.75, 3.05) is 19.6 Å². The van der Waals surface area contributed by atoms with Gasteiger partial charge in [-0.3, -0.25) is 4.98 Å². The SMILES string of the molecule is CC(C)(C)OC(=O)N1CC=C(CNCc2cncs2)CC1. The standard InChI is InChI=1S/C15H23N3O2S/c1-15(2,3)20-14(19)18-6-4-12(5-7-18)8-16-9-13-10-17-11-21-13/h4,10-11,16H,5-9H2,1-3H3. The Morgan fingerprint density at radius 2 is 2.29 bits per heavy atom. The Morgan fingerprint density at radius 3 is 2.86 bits per heavy atom. The molecule has 1 aromatic heterocycles. The van der Waals surface area contributed by atoms with E-state index in [0.717, 1.165) is 26.1 Å². The third kappa shape index (κ3) is 5.47. The van der Waals surface area contributed by atoms with E-state index >= 15 is 0 Å². The highest BCUT2D eigenvalue weighted by atomic mass is 32.1. The molecule has 0 bridgehead atoms. The highest BCUT2D eigenvalue weighted by molar-refractivity contribution is 7.09. The molecule has 0 fully saturated rings. The smallest absolute Gasteiger partial charge is 0.410 e. The van der Waals surface area contributed by atoms with Gasteiger partial charge in [0.15, 0.2) is 0 Å². The second-order valence-electron chi connectivity index (χ2n) is 6.11. The second-order valence-corrected chi connectivity index (χ2v) is 7.08. The molecular weight excluding hydrogens is 286 g/mol. The molecule has 0 aromatic carbocycles. The van der Waals surface area contributed by atoms with E-state index in [4.69, 9.17) is 4.74 Å². The van der Waals surface area contributed by atoms with Gasteiger partial charge in [0, 0.05) is 37.3 Å². The monoisotopic (exact) mass is 309 g/mol. The summed E-state index contributed by atoms with van der Waals surface area (Å²) in [5.41, 5.74) is 2.76. The van der Waals surface area contributed by atoms with Crippen molar-refractivity contribution in [2.45, 2.75) is 39.3 Å². The molecule has 21 heavy (non-hydrogen) atoms. The molecule has 1 N–H and O–H groups in total. The van der Waals surface area contributed by atoms with Crippen LogP contribution in [-0.4, -0.2) is 41.2 Å². The highest BCUT2D eigenvalue weighted by Crippen LogP contribution is 2.15. The van der Waals surface area contributed by atoms with Gasteiger partial charge in [-0.2, -0.15) is 0 Å². The number of carbonyl (C=O) groups is 1. The summed E-state index contributed by atoms with van der Waals surface area (Å²) in [7, 11) is 0. The number of hydrogen-bond donors (Lipinski definition) is 1. The van der Waals surface area contributed by atoms with Crippen molar-refractivity contribution in [3.8, 4) is 0 Å². The Hall–Kier alpha value is -1.40. The zero-order valence-corrected chi connectivity index (χ0v) is 13.7. The van der Waals surface area contributed by atoms with Gasteiger partial charge in [0.1, 0.15) is 5.60 Å². The molecule has 0 radical (unpaired) electrons. The molecule has 1 amide bonds. The fourth-order valence-electron chi connectivity index (χ4n) is 2.04. The molecule has 0 spiro atoms. The number of aromatic nitrogens is 1. The van der Waals surface area contributed by atoms with Crippen molar-refractivity contribution < 1.29 is 9.53 Å². The lowest BCUT2D eigenvalue weighted by Gasteiger charge is -2.29. The van der Waals surface area contributed by atoms with Crippen LogP contribution in [-0.2, 0) is 11.3 Å². The summed E-state index contributed by atoms with van der Waals surface area (Å²) in [6.45, 7) is 8.73. The molecule has 5 nitrogen and oxygen atoms in total. The number of nitrogens with zero attached hydrogens (tertiary/aromatic N) is 2. The van der Waals surface area contributed by atoms with Gasteiger partial charge in [0.2, 0.25) is 0 Å². The Morgan fingerprint density at radius 1 is 1.48 bits per heavy atom. The molecule has 0 unspecified atom stereocenters. The van der Waals surface area contributed by atoms with Gasteiger partial charge in [0.25, 0.3) is 0 Å². The first-order valence-corrected chi connectivity index (χ1v) is 8.06. The van der Waals surface area contributed by atoms with Crippen LogP contribution in [0.15, 0.2) is 23.4 Å². The maximum atomic E-state index is 11.9. The summed E-state index contributed by atoms with van der Waals surface area (Å²) < 4.78 is 5.38. The van der Waals surface area contributed by atoms with Crippen LogP contribution in [0, 0.1) is 0 Å². The number of thiazole rings is 1. The Labute approximate surface area is 130 Å². The first-order chi connectivity index (χ1) is 9.94. The normalized spacial score (nSPS) is 15.8. The second kappa shape index (κ2) is 7.04. The summed E-state index contributed by atoms with van der Waals surface area (Å²) in [5, 5.41) is 3.41. The van der Waals surface area contributed by atoms with Crippen molar-refractivity contribution in [1.29, 1.82) is 0 Å². The molecule has 1 aliphatic heterocycles. The molecule has 0 atom stereocenters. The van der Waals surface area contributed by atoms with Crippen molar-refractivity contribution in [3.63, 3.8) is 0 Å². The minimum Gasteiger partial charge on any atom is -0.444 e. The van der Waals surface area contributed by atoms with Crippen LogP contribution < -0.4 is 5.32 Å². The van der Waals surface area contributed by atoms with Crippen LogP contribution in [0.4, 0.5) is 4.79 Å². The number of rotatable bonds is 4. The van der Waals surface area contributed by atoms with E-state index in [1.807, 2.05) is 32.5 Å². The van der Waals surface area contributed by atoms with Crippen molar-refractivity contribution in [3.05, 3.63) is 28.2 Å². The van der Waals surface area contributed by atoms with Gasteiger partial charge in [-0.25, -0.2) is 4.79 Å². The van der Waals surface area contributed by atoms with E-state index in [0.29, 0.717) is 6.54 Å². The third-order valence-electron chi connectivity index (χ3n) is 3.09. The van der Waals surface area contributed by atoms with E-state index in [9.17, 15) is 4.79 Å². The summed E-state index contributed by atoms with van der Waals surface area (Å²) in [6.07, 6.45) is 4.68. The molecule has 1 aromatic rings. The lowest BCUT2D eigenvalue weighted by Crippen LogP contribution is -2.39. The van der Waals surface area contributed by atoms with Gasteiger partial charge in [-0.15, -0.1) is 11.3 Å². The summed E-state index contributed by atoms with van der Waals surface area (Å²) >= 11 is 1.66. The largest absolute Gasteiger partial charge is 0.444 e. The fraction of sp³-hybridized carbons (Fsp3) is 0.600. The molecule has 0 saturated carbocycles. The summed E-state index contributed by atoms with van der Waals surface area (Å²) in [4.78, 5) is 19.0. The molecule has 2 rings (SSSR count). The predicted molar refractivity (Wildman–Crippen MR) is 84.3 cm³/mol. The topological polar surface area (TPSA) is 54.5 Å². The van der Waals surface area contributed by atoms with E-state index in [-0.39, 0.29) is 6.09 Å². The quantitative estimate of drug-likeness (QED) is 0.869. The lowest BCUT2D eigenvalue weighted by atomic mass is 10.1. The Bertz CT molecular complexity index is 492. The van der Waals surface area contributed by atoms with Crippen molar-refractivity contribution in [1.82, 2.24) is 15.2 Å². The Balaban J connectivity index is 1.73. The van der Waals surface area contributed by atoms with Gasteiger partial charge in [-0.05, 0) is 27.2 Å². The highest BCUT2D eigenvalue weighted by Gasteiger charge is 2.23. The molecular formula is C15H23N3O2S. The molecule has 0 saturated heterocycles. The molecule has 0 aliphatic carbocycles. The molecule has 1 aliphatic rings. The molecule has 2 heterocycles. The van der Waals surface area contributed by atoms with Crippen molar-refractivity contribution in [2.24, 2.45) is 0 Å². The van der Waals surface area contributed by atoms with E-state index in [1.54, 1.807) is 16.2 Å². The maximum absolute atomic E-state index is 11.9. The number of hydrogen-bond acceptors (Lipinski definition) is 5. The van der Waals surface area contributed by atoms with Crippen LogP contribution in [0.25, 0.3) is 0 Å². The lowest BCUT2D eigenvalue weighted by molar-refractivity contribution is 0.0265. The first-order valence-electron chi connectivity index (χ1n) is 7.18. The predicted octanol–water partition coefficient (Wildman–Crippen LogP) is 2.80. The van der Waals surface area contributed by atoms with Gasteiger partial charge >= 0.3 is 6.09 Å². The van der Waals surface area contributed by atoms with Gasteiger partial charge < -0.3 is 15.0 Å². The summed E-state index contributed by atoms with van der Waals surface area (Å²) in [6, 6.07) is 0. The van der Waals surface area contributed by atoms with E-state index in [1.165, 1.54) is 10.5 Å². The third-order valence-corrected chi connectivity index (χ3v) is 3.87. The summed E-state index contributed by atoms with van der Waals surface area (Å²) in [5.74, 6) is 0. The average molecular weight is 309 g/mol. The van der Waals surface area contributed by atoms with Crippen molar-refractivity contribution >= 4 is 17.4 Å². The Kier molecular flexibility index (Phi) is 5.36. The van der Waals surface area contributed by atoms with Crippen LogP contribution in [0.5, 0.6) is 0 Å². The van der Waals surface area contributed by atoms with Crippen LogP contribution >= 0.6 is 11.3 Å². The average Bonchev–Trinajstić information content (AvgIpc) is 2.91. The van der Waals surface area contributed by atoms with Crippen LogP contribution in [0.1, 0.15) is 32.1 Å². The zero-order valence-electron chi connectivity index (χ0n) is 12.9. The number of ether oxygens (including phenoxy) is 1. The number of amides is 1. The van der Waals surface area contributed by atoms with Crippen LogP contribution in [0.2, 0.25) is 0 Å². The van der Waals surface area contributed by atoms with Gasteiger partial charge in [0.05, 0.1) is 5.51 Å². The molecule has 116 valence electrons. The number of nitrogens with one attached hydrogen (secondary N) is 1. The first kappa shape index (κ1) is 16.0. The number of carbonyl (C=O) groups excluding carboxylic acids is 1. The minimum atomic E-state index is -0.433. The minimum absolute atomic E-state index is 0.226.